The smallest absolute Gasteiger partial charge is 0.269 e. The number of halogens is 2. The first-order valence-corrected chi connectivity index (χ1v) is 6.90. The van der Waals surface area contributed by atoms with E-state index < -0.39 is 4.92 Å². The summed E-state index contributed by atoms with van der Waals surface area (Å²) in [7, 11) is 0. The van der Waals surface area contributed by atoms with Crippen molar-refractivity contribution in [2.24, 2.45) is 0 Å². The van der Waals surface area contributed by atoms with Gasteiger partial charge in [-0.2, -0.15) is 0 Å². The fourth-order valence-corrected chi connectivity index (χ4v) is 2.00. The molecule has 2 aromatic rings. The lowest BCUT2D eigenvalue weighted by Gasteiger charge is -2.05. The van der Waals surface area contributed by atoms with E-state index in [1.807, 2.05) is 0 Å². The summed E-state index contributed by atoms with van der Waals surface area (Å²) in [5, 5.41) is 13.8. The number of carbonyl (C=O) groups is 1. The van der Waals surface area contributed by atoms with E-state index in [9.17, 15) is 14.9 Å². The van der Waals surface area contributed by atoms with Crippen LogP contribution in [0.15, 0.2) is 48.5 Å². The Balaban J connectivity index is 2.05. The maximum atomic E-state index is 11.8. The summed E-state index contributed by atoms with van der Waals surface area (Å²) >= 11 is 11.8. The number of rotatable bonds is 4. The number of nitrogens with one attached hydrogen (secondary N) is 1. The standard InChI is InChI=1S/C15H10Cl2N2O3/c16-12-2-1-3-13(15(12)17)18-14(20)9-6-10-4-7-11(8-5-10)19(21)22/h1-9H,(H,18,20)/b9-6+. The van der Waals surface area contributed by atoms with Crippen molar-refractivity contribution in [1.29, 1.82) is 0 Å². The number of nitro groups is 1. The van der Waals surface area contributed by atoms with Gasteiger partial charge in [-0.3, -0.25) is 14.9 Å². The monoisotopic (exact) mass is 336 g/mol. The summed E-state index contributed by atoms with van der Waals surface area (Å²) in [4.78, 5) is 21.9. The molecule has 0 spiro atoms. The van der Waals surface area contributed by atoms with Crippen molar-refractivity contribution in [1.82, 2.24) is 0 Å². The van der Waals surface area contributed by atoms with Gasteiger partial charge < -0.3 is 5.32 Å². The topological polar surface area (TPSA) is 72.2 Å². The maximum Gasteiger partial charge on any atom is 0.269 e. The Kier molecular flexibility index (Phi) is 5.14. The van der Waals surface area contributed by atoms with Crippen LogP contribution in [0.1, 0.15) is 5.56 Å². The van der Waals surface area contributed by atoms with Crippen LogP contribution in [0.5, 0.6) is 0 Å². The Morgan fingerprint density at radius 1 is 1.14 bits per heavy atom. The zero-order valence-electron chi connectivity index (χ0n) is 11.1. The third-order valence-electron chi connectivity index (χ3n) is 2.74. The highest BCUT2D eigenvalue weighted by Gasteiger charge is 2.06. The molecule has 5 nitrogen and oxygen atoms in total. The molecule has 0 heterocycles. The first kappa shape index (κ1) is 16.0. The summed E-state index contributed by atoms with van der Waals surface area (Å²) in [5.41, 5.74) is 1.07. The molecular weight excluding hydrogens is 327 g/mol. The van der Waals surface area contributed by atoms with Crippen LogP contribution in [0.4, 0.5) is 11.4 Å². The van der Waals surface area contributed by atoms with Crippen LogP contribution in [-0.4, -0.2) is 10.8 Å². The zero-order chi connectivity index (χ0) is 16.1. The van der Waals surface area contributed by atoms with Crippen molar-refractivity contribution < 1.29 is 9.72 Å². The van der Waals surface area contributed by atoms with Crippen LogP contribution in [0, 0.1) is 10.1 Å². The third kappa shape index (κ3) is 4.07. The third-order valence-corrected chi connectivity index (χ3v) is 3.56. The van der Waals surface area contributed by atoms with Crippen LogP contribution in [-0.2, 0) is 4.79 Å². The van der Waals surface area contributed by atoms with Crippen molar-refractivity contribution in [3.8, 4) is 0 Å². The molecule has 0 aromatic heterocycles. The fraction of sp³-hybridized carbons (Fsp3) is 0. The molecule has 2 aromatic carbocycles. The van der Waals surface area contributed by atoms with Crippen LogP contribution in [0.2, 0.25) is 10.0 Å². The lowest BCUT2D eigenvalue weighted by molar-refractivity contribution is -0.384. The molecule has 1 N–H and O–H groups in total. The molecule has 112 valence electrons. The van der Waals surface area contributed by atoms with Gasteiger partial charge in [0, 0.05) is 18.2 Å². The fourth-order valence-electron chi connectivity index (χ4n) is 1.65. The van der Waals surface area contributed by atoms with Crippen LogP contribution < -0.4 is 5.32 Å². The lowest BCUT2D eigenvalue weighted by atomic mass is 10.2. The molecule has 7 heteroatoms. The van der Waals surface area contributed by atoms with Gasteiger partial charge in [-0.15, -0.1) is 0 Å². The second-order valence-electron chi connectivity index (χ2n) is 4.27. The number of amides is 1. The molecule has 0 unspecified atom stereocenters. The molecule has 1 amide bonds. The number of non-ortho nitro benzene ring substituents is 1. The van der Waals surface area contributed by atoms with Crippen LogP contribution in [0.25, 0.3) is 6.08 Å². The van der Waals surface area contributed by atoms with E-state index in [0.29, 0.717) is 16.3 Å². The number of anilines is 1. The van der Waals surface area contributed by atoms with E-state index in [0.717, 1.165) is 0 Å². The van der Waals surface area contributed by atoms with Gasteiger partial charge in [-0.25, -0.2) is 0 Å². The van der Waals surface area contributed by atoms with E-state index in [-0.39, 0.29) is 16.6 Å². The highest BCUT2D eigenvalue weighted by Crippen LogP contribution is 2.29. The SMILES string of the molecule is O=C(/C=C/c1ccc([N+](=O)[O-])cc1)Nc1cccc(Cl)c1Cl. The minimum Gasteiger partial charge on any atom is -0.321 e. The minimum absolute atomic E-state index is 0.00712. The first-order chi connectivity index (χ1) is 10.5. The van der Waals surface area contributed by atoms with E-state index in [1.54, 1.807) is 30.3 Å². The van der Waals surface area contributed by atoms with Gasteiger partial charge >= 0.3 is 0 Å². The average molecular weight is 337 g/mol. The van der Waals surface area contributed by atoms with Gasteiger partial charge in [0.1, 0.15) is 0 Å². The predicted octanol–water partition coefficient (Wildman–Crippen LogP) is 4.55. The number of hydrogen-bond acceptors (Lipinski definition) is 3. The van der Waals surface area contributed by atoms with E-state index in [2.05, 4.69) is 5.32 Å². The van der Waals surface area contributed by atoms with Crippen LogP contribution in [0.3, 0.4) is 0 Å². The van der Waals surface area contributed by atoms with Gasteiger partial charge in [0.2, 0.25) is 5.91 Å². The first-order valence-electron chi connectivity index (χ1n) is 6.15. The number of carbonyl (C=O) groups excluding carboxylic acids is 1. The summed E-state index contributed by atoms with van der Waals surface area (Å²) in [6.07, 6.45) is 2.84. The molecule has 0 aliphatic carbocycles. The molecule has 0 bridgehead atoms. The van der Waals surface area contributed by atoms with E-state index in [1.165, 1.54) is 24.3 Å². The number of nitro benzene ring substituents is 1. The molecule has 0 aliphatic heterocycles. The second-order valence-corrected chi connectivity index (χ2v) is 5.06. The largest absolute Gasteiger partial charge is 0.321 e. The van der Waals surface area contributed by atoms with Crippen molar-refractivity contribution in [2.75, 3.05) is 5.32 Å². The second kappa shape index (κ2) is 7.06. The molecule has 0 fully saturated rings. The quantitative estimate of drug-likeness (QED) is 0.505. The molecule has 0 atom stereocenters. The Labute approximate surface area is 136 Å². The van der Waals surface area contributed by atoms with Crippen molar-refractivity contribution in [2.45, 2.75) is 0 Å². The average Bonchev–Trinajstić information content (AvgIpc) is 2.50. The van der Waals surface area contributed by atoms with Crippen molar-refractivity contribution in [3.63, 3.8) is 0 Å². The molecule has 0 saturated carbocycles. The van der Waals surface area contributed by atoms with Gasteiger partial charge in [-0.05, 0) is 35.9 Å². The predicted molar refractivity (Wildman–Crippen MR) is 87.2 cm³/mol. The molecule has 0 radical (unpaired) electrons. The number of hydrogen-bond donors (Lipinski definition) is 1. The highest BCUT2D eigenvalue weighted by molar-refractivity contribution is 6.44. The van der Waals surface area contributed by atoms with Crippen molar-refractivity contribution in [3.05, 3.63) is 74.3 Å². The summed E-state index contributed by atoms with van der Waals surface area (Å²) < 4.78 is 0. The minimum atomic E-state index is -0.485. The van der Waals surface area contributed by atoms with Gasteiger partial charge in [0.05, 0.1) is 20.7 Å². The number of nitrogens with zero attached hydrogens (tertiary/aromatic N) is 1. The van der Waals surface area contributed by atoms with Gasteiger partial charge in [-0.1, -0.05) is 29.3 Å². The van der Waals surface area contributed by atoms with E-state index >= 15 is 0 Å². The molecule has 0 aliphatic rings. The molecule has 0 saturated heterocycles. The Morgan fingerprint density at radius 2 is 1.82 bits per heavy atom. The normalized spacial score (nSPS) is 10.6. The van der Waals surface area contributed by atoms with Gasteiger partial charge in [0.15, 0.2) is 0 Å². The van der Waals surface area contributed by atoms with Gasteiger partial charge in [0.25, 0.3) is 5.69 Å². The molecule has 2 rings (SSSR count). The van der Waals surface area contributed by atoms with E-state index in [4.69, 9.17) is 23.2 Å². The Hall–Kier alpha value is -2.37. The summed E-state index contributed by atoms with van der Waals surface area (Å²) in [6.45, 7) is 0. The Morgan fingerprint density at radius 3 is 2.45 bits per heavy atom. The summed E-state index contributed by atoms with van der Waals surface area (Å²) in [5.74, 6) is -0.387. The highest BCUT2D eigenvalue weighted by atomic mass is 35.5. The van der Waals surface area contributed by atoms with Crippen molar-refractivity contribution >= 4 is 46.6 Å². The summed E-state index contributed by atoms with van der Waals surface area (Å²) in [6, 6.07) is 10.8. The lowest BCUT2D eigenvalue weighted by Crippen LogP contribution is -2.08. The zero-order valence-corrected chi connectivity index (χ0v) is 12.6. The molecule has 22 heavy (non-hydrogen) atoms. The number of benzene rings is 2. The maximum absolute atomic E-state index is 11.8. The van der Waals surface area contributed by atoms with Crippen LogP contribution >= 0.6 is 23.2 Å². The molecular formula is C15H10Cl2N2O3. The Bertz CT molecular complexity index is 743.